The minimum absolute atomic E-state index is 0.227. The van der Waals surface area contributed by atoms with Crippen LogP contribution in [0, 0.1) is 0 Å². The highest BCUT2D eigenvalue weighted by Crippen LogP contribution is 2.63. The Bertz CT molecular complexity index is 164. The van der Waals surface area contributed by atoms with Gasteiger partial charge in [0.15, 0.2) is 7.38 Å². The van der Waals surface area contributed by atoms with Crippen LogP contribution in [0.15, 0.2) is 0 Å². The van der Waals surface area contributed by atoms with Crippen molar-refractivity contribution in [2.75, 3.05) is 0 Å². The van der Waals surface area contributed by atoms with Crippen LogP contribution in [0.25, 0.3) is 0 Å². The third-order valence-electron chi connectivity index (χ3n) is 3.10. The van der Waals surface area contributed by atoms with Crippen molar-refractivity contribution in [1.82, 2.24) is 0 Å². The van der Waals surface area contributed by atoms with Crippen molar-refractivity contribution in [2.24, 2.45) is 0 Å². The number of rotatable bonds is 0. The van der Waals surface area contributed by atoms with Crippen molar-refractivity contribution in [2.45, 2.75) is 77.4 Å². The molecule has 14 heavy (non-hydrogen) atoms. The lowest BCUT2D eigenvalue weighted by Gasteiger charge is -2.54. The van der Waals surface area contributed by atoms with Gasteiger partial charge < -0.3 is 0 Å². The highest BCUT2D eigenvalue weighted by molar-refractivity contribution is 7.24. The van der Waals surface area contributed by atoms with E-state index in [1.165, 1.54) is 0 Å². The molecule has 0 unspecified atom stereocenters. The molecule has 0 amide bonds. The fourth-order valence-corrected chi connectivity index (χ4v) is 10.1. The van der Waals surface area contributed by atoms with Gasteiger partial charge in [0.05, 0.1) is 0 Å². The van der Waals surface area contributed by atoms with Gasteiger partial charge in [0.1, 0.15) is 0 Å². The van der Waals surface area contributed by atoms with E-state index in [2.05, 4.69) is 62.3 Å². The number of hydrogen-bond acceptors (Lipinski definition) is 0. The summed E-state index contributed by atoms with van der Waals surface area (Å²) in [6.07, 6.45) is 0. The molecule has 0 aromatic carbocycles. The minimum atomic E-state index is -1.88. The van der Waals surface area contributed by atoms with Gasteiger partial charge in [-0.2, -0.15) is 11.1 Å². The van der Waals surface area contributed by atoms with Gasteiger partial charge >= 0.3 is 0 Å². The van der Waals surface area contributed by atoms with Crippen molar-refractivity contribution in [3.05, 3.63) is 0 Å². The Labute approximate surface area is 96.1 Å². The minimum Gasteiger partial charge on any atom is -0.165 e. The lowest BCUT2D eigenvalue weighted by atomic mass is 10.2. The molecule has 0 spiro atoms. The number of halogens is 1. The molecule has 0 radical (unpaired) electrons. The molecule has 0 saturated carbocycles. The van der Waals surface area contributed by atoms with Crippen molar-refractivity contribution in [1.29, 1.82) is 0 Å². The van der Waals surface area contributed by atoms with Crippen molar-refractivity contribution in [3.63, 3.8) is 0 Å². The third kappa shape index (κ3) is 2.19. The van der Waals surface area contributed by atoms with Crippen molar-refractivity contribution in [3.8, 4) is 0 Å². The summed E-state index contributed by atoms with van der Waals surface area (Å²) in [6.45, 7) is 20.6. The summed E-state index contributed by atoms with van der Waals surface area (Å²) < 4.78 is 0. The smallest absolute Gasteiger partial charge is 0.165 e. The lowest BCUT2D eigenvalue weighted by Crippen LogP contribution is -2.53. The molecule has 0 aromatic rings. The second-order valence-electron chi connectivity index (χ2n) is 7.41. The van der Waals surface area contributed by atoms with E-state index >= 15 is 0 Å². The second-order valence-corrected chi connectivity index (χ2v) is 14.9. The van der Waals surface area contributed by atoms with Gasteiger partial charge in [0.2, 0.25) is 0 Å². The molecule has 86 valence electrons. The Kier molecular flexibility index (Phi) is 3.65. The maximum absolute atomic E-state index is 7.11. The lowest BCUT2D eigenvalue weighted by molar-refractivity contribution is 0.557. The average Bonchev–Trinajstić information content (AvgIpc) is 1.77. The average molecular weight is 235 g/mol. The van der Waals surface area contributed by atoms with Crippen LogP contribution >= 0.6 is 11.1 Å². The van der Waals surface area contributed by atoms with Crippen LogP contribution in [0.2, 0.25) is 15.1 Å². The summed E-state index contributed by atoms with van der Waals surface area (Å²) in [4.78, 5) is 0. The molecule has 0 aromatic heterocycles. The van der Waals surface area contributed by atoms with E-state index in [4.69, 9.17) is 11.1 Å². The van der Waals surface area contributed by atoms with Gasteiger partial charge in [-0.1, -0.05) is 62.3 Å². The molecular weight excluding hydrogens is 208 g/mol. The highest BCUT2D eigenvalue weighted by atomic mass is 35.6. The Morgan fingerprint density at radius 1 is 0.571 bits per heavy atom. The molecule has 2 heteroatoms. The molecule has 0 nitrogen and oxygen atoms in total. The summed E-state index contributed by atoms with van der Waals surface area (Å²) >= 11 is 7.11. The monoisotopic (exact) mass is 234 g/mol. The predicted molar refractivity (Wildman–Crippen MR) is 70.8 cm³/mol. The predicted octanol–water partition coefficient (Wildman–Crippen LogP) is 5.57. The molecule has 0 aliphatic carbocycles. The Balaban J connectivity index is 5.54. The standard InChI is InChI=1S/C12H27ClSi/c1-10(2,3)14(13,11(4,5)6)12(7,8)9/h1-9H3. The fourth-order valence-electron chi connectivity index (χ4n) is 3.38. The molecule has 0 atom stereocenters. The van der Waals surface area contributed by atoms with Crippen LogP contribution in [-0.2, 0) is 0 Å². The van der Waals surface area contributed by atoms with E-state index in [1.54, 1.807) is 0 Å². The Morgan fingerprint density at radius 3 is 0.714 bits per heavy atom. The van der Waals surface area contributed by atoms with E-state index in [9.17, 15) is 0 Å². The molecule has 0 fully saturated rings. The fraction of sp³-hybridized carbons (Fsp3) is 1.00. The molecule has 0 aliphatic heterocycles. The summed E-state index contributed by atoms with van der Waals surface area (Å²) in [5, 5.41) is 0.682. The summed E-state index contributed by atoms with van der Waals surface area (Å²) in [5.74, 6) is 0. The van der Waals surface area contributed by atoms with E-state index in [0.717, 1.165) is 0 Å². The quantitative estimate of drug-likeness (QED) is 0.380. The van der Waals surface area contributed by atoms with Crippen LogP contribution in [0.4, 0.5) is 0 Å². The first-order chi connectivity index (χ1) is 5.75. The molecule has 0 aliphatic rings. The molecule has 0 heterocycles. The summed E-state index contributed by atoms with van der Waals surface area (Å²) in [5.41, 5.74) is 0. The highest BCUT2D eigenvalue weighted by Gasteiger charge is 2.59. The van der Waals surface area contributed by atoms with E-state index in [-0.39, 0.29) is 15.1 Å². The zero-order valence-electron chi connectivity index (χ0n) is 11.4. The zero-order chi connectivity index (χ0) is 12.0. The summed E-state index contributed by atoms with van der Waals surface area (Å²) in [7, 11) is -1.88. The zero-order valence-corrected chi connectivity index (χ0v) is 13.1. The van der Waals surface area contributed by atoms with Gasteiger partial charge in [-0.05, 0) is 15.1 Å². The normalized spacial score (nSPS) is 15.9. The SMILES string of the molecule is CC(C)(C)[Si](Cl)(C(C)(C)C)C(C)(C)C. The van der Waals surface area contributed by atoms with E-state index < -0.39 is 7.38 Å². The van der Waals surface area contributed by atoms with Gasteiger partial charge in [-0.3, -0.25) is 0 Å². The van der Waals surface area contributed by atoms with Crippen LogP contribution in [0.3, 0.4) is 0 Å². The van der Waals surface area contributed by atoms with Crippen molar-refractivity contribution >= 4 is 18.5 Å². The van der Waals surface area contributed by atoms with E-state index in [0.29, 0.717) is 0 Å². The van der Waals surface area contributed by atoms with Crippen molar-refractivity contribution < 1.29 is 0 Å². The van der Waals surface area contributed by atoms with Crippen LogP contribution in [-0.4, -0.2) is 7.38 Å². The van der Waals surface area contributed by atoms with Crippen LogP contribution in [0.5, 0.6) is 0 Å². The molecule has 0 rings (SSSR count). The molecule has 0 saturated heterocycles. The first kappa shape index (κ1) is 14.5. The molecule has 0 bridgehead atoms. The Hall–Kier alpha value is 0.507. The van der Waals surface area contributed by atoms with Gasteiger partial charge in [-0.25, -0.2) is 0 Å². The van der Waals surface area contributed by atoms with Gasteiger partial charge in [0, 0.05) is 0 Å². The maximum atomic E-state index is 7.11. The van der Waals surface area contributed by atoms with Crippen LogP contribution < -0.4 is 0 Å². The van der Waals surface area contributed by atoms with E-state index in [1.807, 2.05) is 0 Å². The first-order valence-electron chi connectivity index (χ1n) is 5.44. The second kappa shape index (κ2) is 3.52. The Morgan fingerprint density at radius 2 is 0.714 bits per heavy atom. The number of hydrogen-bond donors (Lipinski definition) is 0. The molecular formula is C12H27ClSi. The summed E-state index contributed by atoms with van der Waals surface area (Å²) in [6, 6.07) is 0. The topological polar surface area (TPSA) is 0 Å². The van der Waals surface area contributed by atoms with Gasteiger partial charge in [-0.15, -0.1) is 0 Å². The molecule has 0 N–H and O–H groups in total. The third-order valence-corrected chi connectivity index (χ3v) is 14.4. The van der Waals surface area contributed by atoms with Crippen LogP contribution in [0.1, 0.15) is 62.3 Å². The van der Waals surface area contributed by atoms with Gasteiger partial charge in [0.25, 0.3) is 0 Å². The first-order valence-corrected chi connectivity index (χ1v) is 8.45. The largest absolute Gasteiger partial charge is 0.172 e. The maximum Gasteiger partial charge on any atom is 0.172 e.